The molecule has 1 aromatic heterocycles. The van der Waals surface area contributed by atoms with Gasteiger partial charge in [0.25, 0.3) is 8.53 Å². The number of nitrogens with zero attached hydrogens (tertiary/aromatic N) is 3. The van der Waals surface area contributed by atoms with Crippen LogP contribution in [0.25, 0.3) is 0 Å². The molecule has 0 saturated carbocycles. The molecule has 2 aromatic rings. The molecule has 3 fully saturated rings. The molecule has 194 valence electrons. The first-order chi connectivity index (χ1) is 17.4. The first kappa shape index (κ1) is 25.4. The second kappa shape index (κ2) is 10.3. The minimum atomic E-state index is -1.36. The third-order valence-corrected chi connectivity index (χ3v) is 9.12. The van der Waals surface area contributed by atoms with Crippen LogP contribution >= 0.6 is 8.53 Å². The molecule has 11 heteroatoms. The van der Waals surface area contributed by atoms with E-state index in [-0.39, 0.29) is 23.9 Å². The van der Waals surface area contributed by atoms with Crippen molar-refractivity contribution in [3.63, 3.8) is 0 Å². The summed E-state index contributed by atoms with van der Waals surface area (Å²) in [5.41, 5.74) is 0.138. The lowest BCUT2D eigenvalue weighted by Gasteiger charge is -2.29. The number of ether oxygens (including phenoxy) is 2. The van der Waals surface area contributed by atoms with E-state index in [4.69, 9.17) is 18.5 Å². The SMILES string of the molecule is CC[C@H]1O[C@@H](n2ccc(NC(C)=O)nc2=O)C(OC)[C@H]1O[P@@]1O[C@](C)(c2ccccc2)[C@@H]2CCCN21. The summed E-state index contributed by atoms with van der Waals surface area (Å²) < 4.78 is 29.3. The molecule has 5 rings (SSSR count). The molecule has 0 aliphatic carbocycles. The highest BCUT2D eigenvalue weighted by molar-refractivity contribution is 7.45. The average Bonchev–Trinajstić information content (AvgIpc) is 3.55. The fourth-order valence-corrected chi connectivity index (χ4v) is 7.63. The molecule has 1 amide bonds. The van der Waals surface area contributed by atoms with Gasteiger partial charge in [-0.2, -0.15) is 4.98 Å². The number of aromatic nitrogens is 2. The van der Waals surface area contributed by atoms with Crippen LogP contribution in [0, 0.1) is 0 Å². The van der Waals surface area contributed by atoms with E-state index >= 15 is 0 Å². The van der Waals surface area contributed by atoms with Crippen LogP contribution in [0.15, 0.2) is 47.4 Å². The van der Waals surface area contributed by atoms with Crippen LogP contribution in [0.3, 0.4) is 0 Å². The molecule has 3 aliphatic heterocycles. The molecule has 3 saturated heterocycles. The molecule has 10 nitrogen and oxygen atoms in total. The van der Waals surface area contributed by atoms with Crippen LogP contribution in [0.4, 0.5) is 5.82 Å². The largest absolute Gasteiger partial charge is 0.374 e. The van der Waals surface area contributed by atoms with Crippen molar-refractivity contribution in [1.82, 2.24) is 14.2 Å². The van der Waals surface area contributed by atoms with Gasteiger partial charge in [-0.3, -0.25) is 9.36 Å². The highest BCUT2D eigenvalue weighted by Crippen LogP contribution is 2.64. The Balaban J connectivity index is 1.40. The van der Waals surface area contributed by atoms with Crippen molar-refractivity contribution >= 4 is 20.3 Å². The minimum Gasteiger partial charge on any atom is -0.374 e. The molecular weight excluding hydrogens is 483 g/mol. The lowest BCUT2D eigenvalue weighted by Crippen LogP contribution is -2.38. The Morgan fingerprint density at radius 2 is 2.06 bits per heavy atom. The summed E-state index contributed by atoms with van der Waals surface area (Å²) in [4.78, 5) is 28.1. The van der Waals surface area contributed by atoms with Gasteiger partial charge in [0.15, 0.2) is 6.23 Å². The third kappa shape index (κ3) is 4.51. The van der Waals surface area contributed by atoms with Crippen molar-refractivity contribution in [2.24, 2.45) is 0 Å². The van der Waals surface area contributed by atoms with E-state index in [1.807, 2.05) is 25.1 Å². The molecule has 0 bridgehead atoms. The highest BCUT2D eigenvalue weighted by atomic mass is 31.2. The Bertz CT molecular complexity index is 1150. The zero-order valence-corrected chi connectivity index (χ0v) is 21.9. The fraction of sp³-hybridized carbons (Fsp3) is 0.560. The van der Waals surface area contributed by atoms with Crippen LogP contribution in [0.2, 0.25) is 0 Å². The number of nitrogens with one attached hydrogen (secondary N) is 1. The standard InChI is InChI=1S/C25H33N4O6P/c1-5-18-21(22(32-4)23(33-18)28-15-13-20(26-16(2)30)27-24(28)31)34-36-29-14-9-12-19(29)25(3,35-36)17-10-7-6-8-11-17/h6-8,10-11,13,15,18-19,21-23H,5,9,12,14H2,1-4H3,(H,26,27,30,31)/t18-,19+,21+,22?,23-,25-,36+/m1/s1. The van der Waals surface area contributed by atoms with Crippen LogP contribution in [-0.4, -0.2) is 58.1 Å². The van der Waals surface area contributed by atoms with Gasteiger partial charge in [0.2, 0.25) is 5.91 Å². The van der Waals surface area contributed by atoms with Crippen LogP contribution in [0.5, 0.6) is 0 Å². The van der Waals surface area contributed by atoms with Gasteiger partial charge in [-0.15, -0.1) is 0 Å². The summed E-state index contributed by atoms with van der Waals surface area (Å²) in [6.45, 7) is 6.45. The Hall–Kier alpha value is -2.20. The second-order valence-electron chi connectivity index (χ2n) is 9.55. The molecular formula is C25H33N4O6P. The summed E-state index contributed by atoms with van der Waals surface area (Å²) in [6, 6.07) is 12.1. The van der Waals surface area contributed by atoms with Crippen molar-refractivity contribution in [3.05, 3.63) is 58.6 Å². The lowest BCUT2D eigenvalue weighted by molar-refractivity contribution is -0.114. The van der Waals surface area contributed by atoms with Crippen LogP contribution in [-0.2, 0) is 28.9 Å². The number of amides is 1. The molecule has 0 spiro atoms. The van der Waals surface area contributed by atoms with E-state index in [0.29, 0.717) is 6.42 Å². The monoisotopic (exact) mass is 516 g/mol. The molecule has 1 unspecified atom stereocenters. The van der Waals surface area contributed by atoms with Gasteiger partial charge in [0.1, 0.15) is 23.6 Å². The molecule has 7 atom stereocenters. The molecule has 4 heterocycles. The first-order valence-electron chi connectivity index (χ1n) is 12.4. The number of rotatable bonds is 7. The first-order valence-corrected chi connectivity index (χ1v) is 13.5. The molecule has 1 aromatic carbocycles. The molecule has 0 radical (unpaired) electrons. The van der Waals surface area contributed by atoms with Crippen LogP contribution in [0.1, 0.15) is 51.8 Å². The quantitative estimate of drug-likeness (QED) is 0.558. The smallest absolute Gasteiger partial charge is 0.351 e. The predicted molar refractivity (Wildman–Crippen MR) is 134 cm³/mol. The van der Waals surface area contributed by atoms with Crippen molar-refractivity contribution in [2.45, 2.75) is 76.2 Å². The van der Waals surface area contributed by atoms with E-state index in [2.05, 4.69) is 34.0 Å². The van der Waals surface area contributed by atoms with Gasteiger partial charge in [-0.1, -0.05) is 37.3 Å². The fourth-order valence-electron chi connectivity index (χ4n) is 5.48. The second-order valence-corrected chi connectivity index (χ2v) is 10.9. The summed E-state index contributed by atoms with van der Waals surface area (Å²) >= 11 is 0. The Morgan fingerprint density at radius 1 is 1.28 bits per heavy atom. The van der Waals surface area contributed by atoms with Crippen LogP contribution < -0.4 is 11.0 Å². The average molecular weight is 517 g/mol. The number of carbonyl (C=O) groups is 1. The van der Waals surface area contributed by atoms with Gasteiger partial charge in [-0.25, -0.2) is 9.46 Å². The maximum absolute atomic E-state index is 12.8. The van der Waals surface area contributed by atoms with Crippen molar-refractivity contribution in [3.8, 4) is 0 Å². The number of methoxy groups -OCH3 is 1. The predicted octanol–water partition coefficient (Wildman–Crippen LogP) is 3.55. The molecule has 3 aliphatic rings. The molecule has 1 N–H and O–H groups in total. The van der Waals surface area contributed by atoms with Gasteiger partial charge in [0, 0.05) is 26.8 Å². The van der Waals surface area contributed by atoms with Crippen molar-refractivity contribution < 1.29 is 23.3 Å². The van der Waals surface area contributed by atoms with E-state index < -0.39 is 38.3 Å². The summed E-state index contributed by atoms with van der Waals surface area (Å²) in [7, 11) is 0.232. The Kier molecular flexibility index (Phi) is 7.27. The zero-order chi connectivity index (χ0) is 25.4. The Morgan fingerprint density at radius 3 is 2.72 bits per heavy atom. The summed E-state index contributed by atoms with van der Waals surface area (Å²) in [6.07, 6.45) is 2.39. The maximum Gasteiger partial charge on any atom is 0.351 e. The summed E-state index contributed by atoms with van der Waals surface area (Å²) in [5, 5.41) is 2.53. The number of hydrogen-bond acceptors (Lipinski definition) is 8. The number of anilines is 1. The number of hydrogen-bond donors (Lipinski definition) is 1. The number of benzene rings is 1. The summed E-state index contributed by atoms with van der Waals surface area (Å²) in [5.74, 6) is -0.105. The number of fused-ring (bicyclic) bond motifs is 1. The molecule has 36 heavy (non-hydrogen) atoms. The third-order valence-electron chi connectivity index (χ3n) is 7.27. The van der Waals surface area contributed by atoms with E-state index in [0.717, 1.165) is 24.9 Å². The van der Waals surface area contributed by atoms with E-state index in [1.54, 1.807) is 19.4 Å². The minimum absolute atomic E-state index is 0.193. The maximum atomic E-state index is 12.8. The van der Waals surface area contributed by atoms with Gasteiger partial charge in [0.05, 0.1) is 12.1 Å². The van der Waals surface area contributed by atoms with Gasteiger partial charge in [-0.05, 0) is 37.8 Å². The highest BCUT2D eigenvalue weighted by Gasteiger charge is 2.57. The topological polar surface area (TPSA) is 104 Å². The van der Waals surface area contributed by atoms with Crippen molar-refractivity contribution in [1.29, 1.82) is 0 Å². The van der Waals surface area contributed by atoms with Gasteiger partial charge >= 0.3 is 5.69 Å². The van der Waals surface area contributed by atoms with E-state index in [1.165, 1.54) is 11.5 Å². The number of carbonyl (C=O) groups excluding carboxylic acids is 1. The van der Waals surface area contributed by atoms with E-state index in [9.17, 15) is 9.59 Å². The lowest BCUT2D eigenvalue weighted by atomic mass is 9.87. The van der Waals surface area contributed by atoms with Gasteiger partial charge < -0.3 is 23.8 Å². The Labute approximate surface area is 211 Å². The normalized spacial score (nSPS) is 34.1. The van der Waals surface area contributed by atoms with Crippen molar-refractivity contribution in [2.75, 3.05) is 19.0 Å². The zero-order valence-electron chi connectivity index (χ0n) is 21.0.